The Labute approximate surface area is 370 Å². The summed E-state index contributed by atoms with van der Waals surface area (Å²) in [5.74, 6) is 0. The lowest BCUT2D eigenvalue weighted by Crippen LogP contribution is -2.61. The lowest BCUT2D eigenvalue weighted by Gasteiger charge is -2.45. The molecule has 6 heteroatoms. The lowest BCUT2D eigenvalue weighted by atomic mass is 9.33. The molecule has 0 spiro atoms. The van der Waals surface area contributed by atoms with Gasteiger partial charge in [-0.05, 0) is 108 Å². The van der Waals surface area contributed by atoms with Gasteiger partial charge in [0.05, 0.1) is 17.1 Å². The summed E-state index contributed by atoms with van der Waals surface area (Å²) in [4.78, 5) is 8.71. The average molecular weight is 824 g/mol. The minimum atomic E-state index is 0.00800. The molecule has 9 aromatic carbocycles. The molecule has 63 heavy (non-hydrogen) atoms. The summed E-state index contributed by atoms with van der Waals surface area (Å²) in [6.45, 7) is 2.22. The first kappa shape index (κ1) is 35.9. The number of anilines is 9. The van der Waals surface area contributed by atoms with Crippen molar-refractivity contribution in [3.8, 4) is 11.1 Å². The normalized spacial score (nSPS) is 12.7. The van der Waals surface area contributed by atoms with Gasteiger partial charge in [0.2, 0.25) is 0 Å². The topological polar surface area (TPSA) is 22.9 Å². The number of furan rings is 1. The number of fused-ring (bicyclic) bond motifs is 8. The molecule has 296 valence electrons. The van der Waals surface area contributed by atoms with Crippen LogP contribution < -0.4 is 31.1 Å². The number of benzene rings is 9. The summed E-state index contributed by atoms with van der Waals surface area (Å²) < 4.78 is 8.22. The van der Waals surface area contributed by atoms with Crippen molar-refractivity contribution in [2.45, 2.75) is 6.92 Å². The third kappa shape index (κ3) is 5.48. The van der Waals surface area contributed by atoms with Crippen LogP contribution in [-0.2, 0) is 0 Å². The first-order chi connectivity index (χ1) is 31.2. The number of rotatable bonds is 6. The van der Waals surface area contributed by atoms with Gasteiger partial charge in [0.15, 0.2) is 5.58 Å². The monoisotopic (exact) mass is 823 g/mol. The highest BCUT2D eigenvalue weighted by atomic mass is 32.1. The molecule has 0 amide bonds. The molecule has 0 bridgehead atoms. The van der Waals surface area contributed by atoms with Gasteiger partial charge in [-0.15, -0.1) is 11.3 Å². The van der Waals surface area contributed by atoms with Crippen LogP contribution in [0.25, 0.3) is 43.2 Å². The third-order valence-electron chi connectivity index (χ3n) is 12.9. The fourth-order valence-electron chi connectivity index (χ4n) is 10.4. The maximum absolute atomic E-state index is 6.96. The fourth-order valence-corrected chi connectivity index (χ4v) is 11.3. The Morgan fingerprint density at radius 3 is 1.71 bits per heavy atom. The molecular formula is C57H38BN3OS. The van der Waals surface area contributed by atoms with Crippen LogP contribution in [0.1, 0.15) is 4.88 Å². The zero-order chi connectivity index (χ0) is 41.6. The summed E-state index contributed by atoms with van der Waals surface area (Å²) in [5.41, 5.74) is 17.9. The second kappa shape index (κ2) is 14.1. The molecule has 0 fully saturated rings. The maximum Gasteiger partial charge on any atom is 0.252 e. The van der Waals surface area contributed by atoms with E-state index < -0.39 is 0 Å². The Kier molecular flexibility index (Phi) is 8.06. The first-order valence-electron chi connectivity index (χ1n) is 21.5. The molecule has 0 saturated carbocycles. The van der Waals surface area contributed by atoms with Crippen LogP contribution in [0.4, 0.5) is 51.2 Å². The van der Waals surface area contributed by atoms with Crippen LogP contribution in [0.5, 0.6) is 0 Å². The minimum Gasteiger partial charge on any atom is -0.454 e. The Hall–Kier alpha value is -7.80. The summed E-state index contributed by atoms with van der Waals surface area (Å²) in [5, 5.41) is 3.42. The van der Waals surface area contributed by atoms with Gasteiger partial charge in [0.1, 0.15) is 5.58 Å². The van der Waals surface area contributed by atoms with Crippen LogP contribution in [0, 0.1) is 6.92 Å². The van der Waals surface area contributed by atoms with Crippen LogP contribution in [0.2, 0.25) is 0 Å². The van der Waals surface area contributed by atoms with Crippen LogP contribution in [0.15, 0.2) is 217 Å². The molecule has 0 aliphatic carbocycles. The highest BCUT2D eigenvalue weighted by Crippen LogP contribution is 2.52. The second-order valence-electron chi connectivity index (χ2n) is 16.5. The standard InChI is InChI=1S/C57H38BN3OS/c1-37-34-44-54(63-37)33-32-49(55(44)38-18-5-2-6-19-38)61(50-30-17-25-43-42-24-11-16-31-53(42)62-57(43)50)41-35-51-56-52(36-41)60(40-22-9-4-10-23-40)48-29-15-13-27-46(48)58(56)45-26-12-14-28-47(45)59(51)39-20-7-3-8-21-39/h2-36H,1H3. The summed E-state index contributed by atoms with van der Waals surface area (Å²) in [7, 11) is 0. The highest BCUT2D eigenvalue weighted by molar-refractivity contribution is 7.19. The molecular weight excluding hydrogens is 786 g/mol. The van der Waals surface area contributed by atoms with E-state index in [0.717, 1.165) is 67.3 Å². The minimum absolute atomic E-state index is 0.00800. The molecule has 0 saturated heterocycles. The third-order valence-corrected chi connectivity index (χ3v) is 13.9. The van der Waals surface area contributed by atoms with Gasteiger partial charge < -0.3 is 19.1 Å². The fraction of sp³-hybridized carbons (Fsp3) is 0.0175. The number of para-hydroxylation sites is 6. The molecule has 2 aromatic heterocycles. The zero-order valence-electron chi connectivity index (χ0n) is 34.4. The van der Waals surface area contributed by atoms with Crippen molar-refractivity contribution in [2.75, 3.05) is 14.7 Å². The van der Waals surface area contributed by atoms with E-state index in [9.17, 15) is 0 Å². The number of thiophene rings is 1. The van der Waals surface area contributed by atoms with E-state index in [1.807, 2.05) is 11.3 Å². The van der Waals surface area contributed by atoms with Gasteiger partial charge in [-0.1, -0.05) is 133 Å². The molecule has 11 aromatic rings. The van der Waals surface area contributed by atoms with E-state index in [1.54, 1.807) is 0 Å². The molecule has 0 N–H and O–H groups in total. The van der Waals surface area contributed by atoms with Gasteiger partial charge in [-0.3, -0.25) is 0 Å². The molecule has 2 aliphatic rings. The van der Waals surface area contributed by atoms with E-state index >= 15 is 0 Å². The van der Waals surface area contributed by atoms with E-state index in [1.165, 1.54) is 48.3 Å². The molecule has 13 rings (SSSR count). The van der Waals surface area contributed by atoms with Gasteiger partial charge in [-0.2, -0.15) is 0 Å². The second-order valence-corrected chi connectivity index (χ2v) is 17.8. The number of aryl methyl sites for hydroxylation is 1. The van der Waals surface area contributed by atoms with Gasteiger partial charge >= 0.3 is 0 Å². The summed E-state index contributed by atoms with van der Waals surface area (Å²) in [6, 6.07) is 77.4. The molecule has 0 unspecified atom stereocenters. The Morgan fingerprint density at radius 2 is 1.05 bits per heavy atom. The van der Waals surface area contributed by atoms with Crippen molar-refractivity contribution >= 4 is 118 Å². The number of hydrogen-bond acceptors (Lipinski definition) is 5. The molecule has 0 atom stereocenters. The van der Waals surface area contributed by atoms with Gasteiger partial charge in [0.25, 0.3) is 6.71 Å². The predicted molar refractivity (Wildman–Crippen MR) is 268 cm³/mol. The van der Waals surface area contributed by atoms with Gasteiger partial charge in [-0.25, -0.2) is 0 Å². The van der Waals surface area contributed by atoms with Crippen LogP contribution in [-0.4, -0.2) is 6.71 Å². The van der Waals surface area contributed by atoms with Crippen molar-refractivity contribution < 1.29 is 4.42 Å². The van der Waals surface area contributed by atoms with Crippen molar-refractivity contribution in [3.63, 3.8) is 0 Å². The molecule has 4 heterocycles. The quantitative estimate of drug-likeness (QED) is 0.156. The largest absolute Gasteiger partial charge is 0.454 e. The first-order valence-corrected chi connectivity index (χ1v) is 22.4. The Balaban J connectivity index is 1.19. The lowest BCUT2D eigenvalue weighted by molar-refractivity contribution is 0.669. The Bertz CT molecular complexity index is 3450. The van der Waals surface area contributed by atoms with Crippen molar-refractivity contribution in [2.24, 2.45) is 0 Å². The van der Waals surface area contributed by atoms with E-state index in [-0.39, 0.29) is 6.71 Å². The molecule has 0 radical (unpaired) electrons. The average Bonchev–Trinajstić information content (AvgIpc) is 3.92. The van der Waals surface area contributed by atoms with Crippen molar-refractivity contribution in [1.82, 2.24) is 0 Å². The summed E-state index contributed by atoms with van der Waals surface area (Å²) >= 11 is 1.84. The zero-order valence-corrected chi connectivity index (χ0v) is 35.3. The molecule has 4 nitrogen and oxygen atoms in total. The van der Waals surface area contributed by atoms with Gasteiger partial charge in [0, 0.05) is 65.4 Å². The van der Waals surface area contributed by atoms with E-state index in [2.05, 4.69) is 234 Å². The highest BCUT2D eigenvalue weighted by Gasteiger charge is 2.44. The molecule has 2 aliphatic heterocycles. The Morgan fingerprint density at radius 1 is 0.476 bits per heavy atom. The smallest absolute Gasteiger partial charge is 0.252 e. The van der Waals surface area contributed by atoms with Crippen molar-refractivity contribution in [3.05, 3.63) is 217 Å². The number of hydrogen-bond donors (Lipinski definition) is 0. The maximum atomic E-state index is 6.96. The van der Waals surface area contributed by atoms with Crippen LogP contribution >= 0.6 is 11.3 Å². The number of nitrogens with zero attached hydrogens (tertiary/aromatic N) is 3. The predicted octanol–water partition coefficient (Wildman–Crippen LogP) is 14.3. The van der Waals surface area contributed by atoms with Crippen molar-refractivity contribution in [1.29, 1.82) is 0 Å². The summed E-state index contributed by atoms with van der Waals surface area (Å²) in [6.07, 6.45) is 0. The SMILES string of the molecule is Cc1cc2c(-c3ccccc3)c(N(c3cc4c5c(c3)N(c3ccccc3)c3ccccc3B5c3ccccc3N4c3ccccc3)c3cccc4c3oc3ccccc34)ccc2s1. The van der Waals surface area contributed by atoms with E-state index in [0.29, 0.717) is 0 Å². The van der Waals surface area contributed by atoms with E-state index in [4.69, 9.17) is 4.42 Å². The van der Waals surface area contributed by atoms with Crippen LogP contribution in [0.3, 0.4) is 0 Å².